The summed E-state index contributed by atoms with van der Waals surface area (Å²) < 4.78 is 5.73. The molecule has 0 saturated heterocycles. The molecule has 1 aromatic rings. The van der Waals surface area contributed by atoms with Crippen LogP contribution in [0.1, 0.15) is 44.7 Å². The van der Waals surface area contributed by atoms with Gasteiger partial charge >= 0.3 is 5.97 Å². The molecule has 0 spiro atoms. The molecule has 0 aromatic heterocycles. The average molecular weight is 250 g/mol. The Balaban J connectivity index is 2.74. The summed E-state index contributed by atoms with van der Waals surface area (Å²) in [5.41, 5.74) is 2.33. The fraction of sp³-hybridized carbons (Fsp3) is 0.533. The molecule has 0 aliphatic heterocycles. The summed E-state index contributed by atoms with van der Waals surface area (Å²) in [5.74, 6) is 0.0896. The van der Waals surface area contributed by atoms with Crippen molar-refractivity contribution in [2.75, 3.05) is 6.61 Å². The van der Waals surface area contributed by atoms with Crippen LogP contribution in [0.4, 0.5) is 0 Å². The van der Waals surface area contributed by atoms with Gasteiger partial charge in [0.1, 0.15) is 5.75 Å². The Labute approximate surface area is 109 Å². The number of hydrogen-bond donors (Lipinski definition) is 1. The molecule has 0 aliphatic rings. The van der Waals surface area contributed by atoms with Crippen LogP contribution in [-0.2, 0) is 10.2 Å². The molecule has 1 aromatic carbocycles. The molecule has 3 heteroatoms. The molecule has 0 radical (unpaired) electrons. The van der Waals surface area contributed by atoms with E-state index >= 15 is 0 Å². The van der Waals surface area contributed by atoms with Gasteiger partial charge in [0.05, 0.1) is 6.61 Å². The van der Waals surface area contributed by atoms with Gasteiger partial charge in [-0.1, -0.05) is 32.9 Å². The molecule has 0 aliphatic carbocycles. The van der Waals surface area contributed by atoms with Gasteiger partial charge in [-0.05, 0) is 36.0 Å². The Kier molecular flexibility index (Phi) is 4.76. The molecule has 0 atom stereocenters. The van der Waals surface area contributed by atoms with Crippen LogP contribution in [0.2, 0.25) is 0 Å². The highest BCUT2D eigenvalue weighted by Gasteiger charge is 2.18. The van der Waals surface area contributed by atoms with Gasteiger partial charge in [0.15, 0.2) is 0 Å². The lowest BCUT2D eigenvalue weighted by atomic mass is 9.86. The van der Waals surface area contributed by atoms with Crippen LogP contribution < -0.4 is 4.74 Å². The highest BCUT2D eigenvalue weighted by molar-refractivity contribution is 5.66. The van der Waals surface area contributed by atoms with E-state index < -0.39 is 5.97 Å². The molecule has 3 nitrogen and oxygen atoms in total. The van der Waals surface area contributed by atoms with Crippen molar-refractivity contribution in [1.82, 2.24) is 0 Å². The first kappa shape index (κ1) is 14.6. The van der Waals surface area contributed by atoms with E-state index in [1.807, 2.05) is 13.0 Å². The molecule has 100 valence electrons. The SMILES string of the molecule is Cc1ccc(C(C)(C)C)c(OCCCC(=O)O)c1. The molecule has 0 bridgehead atoms. The van der Waals surface area contributed by atoms with E-state index in [9.17, 15) is 4.79 Å². The smallest absolute Gasteiger partial charge is 0.303 e. The maximum Gasteiger partial charge on any atom is 0.303 e. The molecule has 0 saturated carbocycles. The fourth-order valence-electron chi connectivity index (χ4n) is 1.77. The van der Waals surface area contributed by atoms with Gasteiger partial charge in [-0.2, -0.15) is 0 Å². The molecule has 0 heterocycles. The number of aryl methyl sites for hydroxylation is 1. The van der Waals surface area contributed by atoms with Crippen molar-refractivity contribution in [2.45, 2.75) is 46.0 Å². The molecule has 0 fully saturated rings. The fourth-order valence-corrected chi connectivity index (χ4v) is 1.77. The number of hydrogen-bond acceptors (Lipinski definition) is 2. The number of ether oxygens (including phenoxy) is 1. The third kappa shape index (κ3) is 4.40. The van der Waals surface area contributed by atoms with Gasteiger partial charge in [-0.15, -0.1) is 0 Å². The standard InChI is InChI=1S/C15H22O3/c1-11-7-8-12(15(2,3)4)13(10-11)18-9-5-6-14(16)17/h7-8,10H,5-6,9H2,1-4H3,(H,16,17). The van der Waals surface area contributed by atoms with E-state index in [2.05, 4.69) is 32.9 Å². The first-order valence-electron chi connectivity index (χ1n) is 6.26. The lowest BCUT2D eigenvalue weighted by molar-refractivity contribution is -0.137. The third-order valence-corrected chi connectivity index (χ3v) is 2.74. The maximum atomic E-state index is 10.4. The predicted octanol–water partition coefficient (Wildman–Crippen LogP) is 3.54. The molecule has 1 N–H and O–H groups in total. The average Bonchev–Trinajstić information content (AvgIpc) is 2.22. The number of rotatable bonds is 5. The van der Waals surface area contributed by atoms with Crippen molar-refractivity contribution < 1.29 is 14.6 Å². The minimum atomic E-state index is -0.779. The second kappa shape index (κ2) is 5.89. The Morgan fingerprint density at radius 2 is 2.00 bits per heavy atom. The van der Waals surface area contributed by atoms with Crippen LogP contribution in [0.3, 0.4) is 0 Å². The van der Waals surface area contributed by atoms with Gasteiger partial charge in [-0.25, -0.2) is 0 Å². The quantitative estimate of drug-likeness (QED) is 0.813. The zero-order valence-electron chi connectivity index (χ0n) is 11.6. The normalized spacial score (nSPS) is 11.3. The minimum Gasteiger partial charge on any atom is -0.493 e. The van der Waals surface area contributed by atoms with Crippen molar-refractivity contribution >= 4 is 5.97 Å². The zero-order chi connectivity index (χ0) is 13.8. The molecule has 0 unspecified atom stereocenters. The van der Waals surface area contributed by atoms with Crippen LogP contribution in [0.5, 0.6) is 5.75 Å². The van der Waals surface area contributed by atoms with Gasteiger partial charge < -0.3 is 9.84 Å². The predicted molar refractivity (Wildman–Crippen MR) is 72.2 cm³/mol. The van der Waals surface area contributed by atoms with Crippen molar-refractivity contribution in [3.63, 3.8) is 0 Å². The number of carbonyl (C=O) groups is 1. The lowest BCUT2D eigenvalue weighted by Gasteiger charge is -2.23. The van der Waals surface area contributed by atoms with E-state index in [1.165, 1.54) is 0 Å². The van der Waals surface area contributed by atoms with Gasteiger partial charge in [0.2, 0.25) is 0 Å². The minimum absolute atomic E-state index is 0.0236. The zero-order valence-corrected chi connectivity index (χ0v) is 11.6. The Morgan fingerprint density at radius 3 is 2.56 bits per heavy atom. The van der Waals surface area contributed by atoms with E-state index in [0.717, 1.165) is 16.9 Å². The first-order chi connectivity index (χ1) is 8.30. The monoisotopic (exact) mass is 250 g/mol. The largest absolute Gasteiger partial charge is 0.493 e. The van der Waals surface area contributed by atoms with Gasteiger partial charge in [0, 0.05) is 6.42 Å². The van der Waals surface area contributed by atoms with E-state index in [4.69, 9.17) is 9.84 Å². The van der Waals surface area contributed by atoms with Crippen molar-refractivity contribution in [3.05, 3.63) is 29.3 Å². The topological polar surface area (TPSA) is 46.5 Å². The lowest BCUT2D eigenvalue weighted by Crippen LogP contribution is -2.14. The number of aliphatic carboxylic acids is 1. The summed E-state index contributed by atoms with van der Waals surface area (Å²) in [5, 5.41) is 8.58. The van der Waals surface area contributed by atoms with E-state index in [1.54, 1.807) is 0 Å². The highest BCUT2D eigenvalue weighted by Crippen LogP contribution is 2.32. The van der Waals surface area contributed by atoms with Gasteiger partial charge in [-0.3, -0.25) is 4.79 Å². The van der Waals surface area contributed by atoms with Crippen LogP contribution in [0, 0.1) is 6.92 Å². The summed E-state index contributed by atoms with van der Waals surface area (Å²) in [6.45, 7) is 8.89. The van der Waals surface area contributed by atoms with Crippen LogP contribution in [0.25, 0.3) is 0 Å². The summed E-state index contributed by atoms with van der Waals surface area (Å²) in [7, 11) is 0. The molecule has 0 amide bonds. The Morgan fingerprint density at radius 1 is 1.33 bits per heavy atom. The summed E-state index contributed by atoms with van der Waals surface area (Å²) in [6, 6.07) is 6.17. The van der Waals surface area contributed by atoms with Crippen molar-refractivity contribution in [3.8, 4) is 5.75 Å². The summed E-state index contributed by atoms with van der Waals surface area (Å²) in [4.78, 5) is 10.4. The molecular weight excluding hydrogens is 228 g/mol. The van der Waals surface area contributed by atoms with Crippen LogP contribution >= 0.6 is 0 Å². The molecule has 18 heavy (non-hydrogen) atoms. The molecular formula is C15H22O3. The number of carboxylic acid groups (broad SMARTS) is 1. The number of carboxylic acids is 1. The van der Waals surface area contributed by atoms with E-state index in [-0.39, 0.29) is 11.8 Å². The second-order valence-electron chi connectivity index (χ2n) is 5.60. The molecule has 1 rings (SSSR count). The number of benzene rings is 1. The van der Waals surface area contributed by atoms with Crippen molar-refractivity contribution in [1.29, 1.82) is 0 Å². The Hall–Kier alpha value is -1.51. The van der Waals surface area contributed by atoms with Gasteiger partial charge in [0.25, 0.3) is 0 Å². The highest BCUT2D eigenvalue weighted by atomic mass is 16.5. The van der Waals surface area contributed by atoms with Crippen LogP contribution in [0.15, 0.2) is 18.2 Å². The third-order valence-electron chi connectivity index (χ3n) is 2.74. The summed E-state index contributed by atoms with van der Waals surface area (Å²) >= 11 is 0. The van der Waals surface area contributed by atoms with Crippen molar-refractivity contribution in [2.24, 2.45) is 0 Å². The van der Waals surface area contributed by atoms with Crippen LogP contribution in [-0.4, -0.2) is 17.7 Å². The maximum absolute atomic E-state index is 10.4. The second-order valence-corrected chi connectivity index (χ2v) is 5.60. The Bertz CT molecular complexity index is 416. The summed E-state index contributed by atoms with van der Waals surface area (Å²) in [6.07, 6.45) is 0.684. The van der Waals surface area contributed by atoms with E-state index in [0.29, 0.717) is 13.0 Å². The first-order valence-corrected chi connectivity index (χ1v) is 6.26.